The second-order valence-electron chi connectivity index (χ2n) is 5.32. The van der Waals surface area contributed by atoms with Gasteiger partial charge in [-0.15, -0.1) is 24.0 Å². The third kappa shape index (κ3) is 7.77. The number of phenols is 1. The molecule has 142 valence electrons. The molecule has 1 aromatic heterocycles. The molecule has 8 heteroatoms. The number of nitrogens with zero attached hydrogens (tertiary/aromatic N) is 1. The zero-order valence-corrected chi connectivity index (χ0v) is 17.0. The van der Waals surface area contributed by atoms with Crippen LogP contribution in [0.2, 0.25) is 0 Å². The number of furan rings is 1. The highest BCUT2D eigenvalue weighted by molar-refractivity contribution is 14.0. The van der Waals surface area contributed by atoms with Gasteiger partial charge in [0.15, 0.2) is 5.96 Å². The van der Waals surface area contributed by atoms with Gasteiger partial charge in [0.2, 0.25) is 0 Å². The van der Waals surface area contributed by atoms with Crippen LogP contribution in [0.25, 0.3) is 0 Å². The van der Waals surface area contributed by atoms with E-state index in [0.29, 0.717) is 31.2 Å². The van der Waals surface area contributed by atoms with Crippen molar-refractivity contribution in [3.8, 4) is 5.75 Å². The van der Waals surface area contributed by atoms with Crippen LogP contribution in [0, 0.1) is 0 Å². The number of benzene rings is 1. The van der Waals surface area contributed by atoms with Gasteiger partial charge in [0.1, 0.15) is 11.5 Å². The molecule has 0 atom stereocenters. The highest BCUT2D eigenvalue weighted by Gasteiger charge is 2.04. The maximum Gasteiger partial charge on any atom is 0.251 e. The van der Waals surface area contributed by atoms with Crippen molar-refractivity contribution in [2.24, 2.45) is 4.99 Å². The monoisotopic (exact) mass is 472 g/mol. The lowest BCUT2D eigenvalue weighted by Gasteiger charge is -2.11. The molecule has 0 unspecified atom stereocenters. The van der Waals surface area contributed by atoms with E-state index in [-0.39, 0.29) is 35.6 Å². The minimum Gasteiger partial charge on any atom is -0.508 e. The van der Waals surface area contributed by atoms with Gasteiger partial charge in [0.25, 0.3) is 5.91 Å². The fourth-order valence-electron chi connectivity index (χ4n) is 2.15. The molecule has 4 N–H and O–H groups in total. The normalized spacial score (nSPS) is 10.7. The van der Waals surface area contributed by atoms with Crippen molar-refractivity contribution in [1.82, 2.24) is 16.0 Å². The Morgan fingerprint density at radius 1 is 1.12 bits per heavy atom. The smallest absolute Gasteiger partial charge is 0.251 e. The minimum absolute atomic E-state index is 0. The highest BCUT2D eigenvalue weighted by Crippen LogP contribution is 2.09. The Balaban J connectivity index is 0.00000338. The lowest BCUT2D eigenvalue weighted by molar-refractivity contribution is 0.0954. The molecule has 7 nitrogen and oxygen atoms in total. The molecule has 0 spiro atoms. The number of nitrogens with one attached hydrogen (secondary N) is 3. The van der Waals surface area contributed by atoms with E-state index in [0.717, 1.165) is 18.7 Å². The van der Waals surface area contributed by atoms with Crippen LogP contribution in [-0.4, -0.2) is 43.2 Å². The van der Waals surface area contributed by atoms with E-state index in [1.165, 1.54) is 12.1 Å². The molecule has 0 aliphatic heterocycles. The number of amides is 1. The van der Waals surface area contributed by atoms with E-state index in [1.54, 1.807) is 18.4 Å². The number of halogens is 1. The summed E-state index contributed by atoms with van der Waals surface area (Å²) >= 11 is 0. The predicted molar refractivity (Wildman–Crippen MR) is 112 cm³/mol. The van der Waals surface area contributed by atoms with Gasteiger partial charge in [-0.1, -0.05) is 0 Å². The quantitative estimate of drug-likeness (QED) is 0.204. The first-order chi connectivity index (χ1) is 12.2. The average molecular weight is 472 g/mol. The Morgan fingerprint density at radius 3 is 2.50 bits per heavy atom. The van der Waals surface area contributed by atoms with Gasteiger partial charge >= 0.3 is 0 Å². The maximum absolute atomic E-state index is 12.0. The van der Waals surface area contributed by atoms with E-state index in [9.17, 15) is 9.90 Å². The number of rotatable bonds is 8. The lowest BCUT2D eigenvalue weighted by Crippen LogP contribution is -2.41. The van der Waals surface area contributed by atoms with Crippen molar-refractivity contribution in [1.29, 1.82) is 0 Å². The Morgan fingerprint density at radius 2 is 1.85 bits per heavy atom. The molecule has 0 aliphatic carbocycles. The van der Waals surface area contributed by atoms with Crippen LogP contribution in [0.5, 0.6) is 5.75 Å². The summed E-state index contributed by atoms with van der Waals surface area (Å²) in [6.07, 6.45) is 2.39. The van der Waals surface area contributed by atoms with Crippen LogP contribution in [0.15, 0.2) is 52.1 Å². The zero-order valence-electron chi connectivity index (χ0n) is 14.7. The summed E-state index contributed by atoms with van der Waals surface area (Å²) in [7, 11) is 0. The van der Waals surface area contributed by atoms with Crippen molar-refractivity contribution >= 4 is 35.8 Å². The molecule has 2 rings (SSSR count). The average Bonchev–Trinajstić information content (AvgIpc) is 3.12. The fraction of sp³-hybridized carbons (Fsp3) is 0.333. The maximum atomic E-state index is 12.0. The van der Waals surface area contributed by atoms with Crippen molar-refractivity contribution in [3.63, 3.8) is 0 Å². The number of hydrogen-bond acceptors (Lipinski definition) is 4. The second-order valence-corrected chi connectivity index (χ2v) is 5.32. The largest absolute Gasteiger partial charge is 0.508 e. The van der Waals surface area contributed by atoms with Crippen LogP contribution in [0.4, 0.5) is 0 Å². The summed E-state index contributed by atoms with van der Waals surface area (Å²) < 4.78 is 5.28. The number of aromatic hydroxyl groups is 1. The summed E-state index contributed by atoms with van der Waals surface area (Å²) in [6, 6.07) is 9.93. The Hall–Kier alpha value is -2.23. The topological polar surface area (TPSA) is 98.9 Å². The van der Waals surface area contributed by atoms with Crippen molar-refractivity contribution in [2.75, 3.05) is 26.2 Å². The lowest BCUT2D eigenvalue weighted by atomic mass is 10.2. The van der Waals surface area contributed by atoms with Crippen LogP contribution >= 0.6 is 24.0 Å². The Bertz CT molecular complexity index is 672. The van der Waals surface area contributed by atoms with Gasteiger partial charge in [-0.05, 0) is 43.3 Å². The van der Waals surface area contributed by atoms with E-state index in [2.05, 4.69) is 20.9 Å². The third-order valence-corrected chi connectivity index (χ3v) is 3.38. The molecule has 0 aliphatic rings. The first kappa shape index (κ1) is 21.8. The van der Waals surface area contributed by atoms with Crippen molar-refractivity contribution in [2.45, 2.75) is 13.3 Å². The van der Waals surface area contributed by atoms with E-state index >= 15 is 0 Å². The number of guanidine groups is 1. The molecule has 2 aromatic rings. The van der Waals surface area contributed by atoms with Crippen molar-refractivity contribution in [3.05, 3.63) is 54.0 Å². The van der Waals surface area contributed by atoms with Gasteiger partial charge in [-0.25, -0.2) is 0 Å². The second kappa shape index (κ2) is 12.2. The Labute approximate surface area is 170 Å². The molecule has 0 fully saturated rings. The summed E-state index contributed by atoms with van der Waals surface area (Å²) in [4.78, 5) is 16.4. The molecule has 0 saturated heterocycles. The molecular weight excluding hydrogens is 447 g/mol. The predicted octanol–water partition coefficient (Wildman–Crippen LogP) is 2.13. The van der Waals surface area contributed by atoms with Crippen LogP contribution in [-0.2, 0) is 6.42 Å². The molecule has 26 heavy (non-hydrogen) atoms. The number of hydrogen-bond donors (Lipinski definition) is 4. The molecule has 0 saturated carbocycles. The first-order valence-electron chi connectivity index (χ1n) is 8.31. The van der Waals surface area contributed by atoms with Crippen LogP contribution in [0.1, 0.15) is 23.0 Å². The Kier molecular flexibility index (Phi) is 10.2. The first-order valence-corrected chi connectivity index (χ1v) is 8.31. The van der Waals surface area contributed by atoms with Gasteiger partial charge in [-0.2, -0.15) is 0 Å². The molecule has 0 radical (unpaired) electrons. The van der Waals surface area contributed by atoms with Crippen molar-refractivity contribution < 1.29 is 14.3 Å². The summed E-state index contributed by atoms with van der Waals surface area (Å²) in [6.45, 7) is 4.38. The fourth-order valence-corrected chi connectivity index (χ4v) is 2.15. The number of phenolic OH excluding ortho intramolecular Hbond substituents is 1. The third-order valence-electron chi connectivity index (χ3n) is 3.38. The number of aliphatic imine (C=N–C) groups is 1. The minimum atomic E-state index is -0.179. The van der Waals surface area contributed by atoms with Gasteiger partial charge in [0.05, 0.1) is 6.26 Å². The van der Waals surface area contributed by atoms with Crippen LogP contribution in [0.3, 0.4) is 0 Å². The number of carbonyl (C=O) groups is 1. The molecule has 1 aromatic carbocycles. The summed E-state index contributed by atoms with van der Waals surface area (Å²) in [5, 5.41) is 18.4. The van der Waals surface area contributed by atoms with Crippen LogP contribution < -0.4 is 16.0 Å². The highest BCUT2D eigenvalue weighted by atomic mass is 127. The van der Waals surface area contributed by atoms with E-state index in [1.807, 2.05) is 19.1 Å². The van der Waals surface area contributed by atoms with Gasteiger partial charge < -0.3 is 25.5 Å². The molecule has 1 heterocycles. The summed E-state index contributed by atoms with van der Waals surface area (Å²) in [5.74, 6) is 1.56. The standard InChI is InChI=1S/C18H24N4O3.HI/c1-2-19-18(21-10-9-16-4-3-13-25-16)22-12-11-20-17(24)14-5-7-15(23)8-6-14;/h3-8,13,23H,2,9-12H2,1H3,(H,20,24)(H2,19,21,22);1H. The molecule has 1 amide bonds. The SMILES string of the molecule is CCNC(=NCCc1ccco1)NCCNC(=O)c1ccc(O)cc1.I. The number of carbonyl (C=O) groups excluding carboxylic acids is 1. The van der Waals surface area contributed by atoms with Gasteiger partial charge in [-0.3, -0.25) is 9.79 Å². The molecular formula is C18H25IN4O3. The van der Waals surface area contributed by atoms with E-state index in [4.69, 9.17) is 4.42 Å². The van der Waals surface area contributed by atoms with Gasteiger partial charge in [0, 0.05) is 38.2 Å². The summed E-state index contributed by atoms with van der Waals surface area (Å²) in [5.41, 5.74) is 0.511. The van der Waals surface area contributed by atoms with E-state index < -0.39 is 0 Å². The molecule has 0 bridgehead atoms. The zero-order chi connectivity index (χ0) is 17.9.